The first-order chi connectivity index (χ1) is 11.7. The molecule has 0 aliphatic heterocycles. The summed E-state index contributed by atoms with van der Waals surface area (Å²) in [6, 6.07) is 19.9. The molecule has 2 heterocycles. The highest BCUT2D eigenvalue weighted by Crippen LogP contribution is 2.25. The van der Waals surface area contributed by atoms with Gasteiger partial charge in [-0.25, -0.2) is 9.78 Å². The van der Waals surface area contributed by atoms with Crippen LogP contribution in [-0.2, 0) is 0 Å². The number of carboxylic acid groups (broad SMARTS) is 1. The number of carboxylic acids is 1. The van der Waals surface area contributed by atoms with Gasteiger partial charge in [0, 0.05) is 5.56 Å². The molecular weight excluding hydrogens is 304 g/mol. The second kappa shape index (κ2) is 5.62. The Bertz CT molecular complexity index is 1020. The van der Waals surface area contributed by atoms with Gasteiger partial charge in [0.2, 0.25) is 0 Å². The molecule has 1 N–H and O–H groups in total. The van der Waals surface area contributed by atoms with Crippen molar-refractivity contribution in [3.8, 4) is 22.4 Å². The van der Waals surface area contributed by atoms with Crippen LogP contribution in [-0.4, -0.2) is 21.0 Å². The van der Waals surface area contributed by atoms with Crippen molar-refractivity contribution in [2.75, 3.05) is 0 Å². The average molecular weight is 316 g/mol. The largest absolute Gasteiger partial charge is 0.474 e. The number of oxazole rings is 1. The SMILES string of the molecule is O=C(O)c1nc2cc(-c3ccc(-c4ccccc4)cc3)ncc2o1. The van der Waals surface area contributed by atoms with Crippen LogP contribution in [0.4, 0.5) is 0 Å². The van der Waals surface area contributed by atoms with Gasteiger partial charge >= 0.3 is 11.9 Å². The maximum atomic E-state index is 10.9. The van der Waals surface area contributed by atoms with Crippen LogP contribution in [0.5, 0.6) is 0 Å². The van der Waals surface area contributed by atoms with Gasteiger partial charge in [-0.3, -0.25) is 4.98 Å². The van der Waals surface area contributed by atoms with Crippen molar-refractivity contribution < 1.29 is 14.3 Å². The van der Waals surface area contributed by atoms with E-state index in [9.17, 15) is 4.79 Å². The molecule has 0 saturated carbocycles. The molecule has 5 nitrogen and oxygen atoms in total. The zero-order valence-electron chi connectivity index (χ0n) is 12.5. The van der Waals surface area contributed by atoms with Crippen LogP contribution in [0.2, 0.25) is 0 Å². The van der Waals surface area contributed by atoms with Crippen molar-refractivity contribution in [2.45, 2.75) is 0 Å². The van der Waals surface area contributed by atoms with Gasteiger partial charge in [-0.15, -0.1) is 0 Å². The fourth-order valence-corrected chi connectivity index (χ4v) is 2.55. The number of hydrogen-bond acceptors (Lipinski definition) is 4. The van der Waals surface area contributed by atoms with E-state index in [0.717, 1.165) is 16.7 Å². The van der Waals surface area contributed by atoms with E-state index in [2.05, 4.69) is 22.1 Å². The molecule has 2 aromatic heterocycles. The Balaban J connectivity index is 1.70. The average Bonchev–Trinajstić information content (AvgIpc) is 3.06. The maximum absolute atomic E-state index is 10.9. The van der Waals surface area contributed by atoms with Gasteiger partial charge in [0.25, 0.3) is 0 Å². The smallest absolute Gasteiger partial charge is 0.392 e. The highest BCUT2D eigenvalue weighted by molar-refractivity contribution is 5.87. The molecule has 0 atom stereocenters. The number of hydrogen-bond donors (Lipinski definition) is 1. The molecule has 0 saturated heterocycles. The number of nitrogens with zero attached hydrogens (tertiary/aromatic N) is 2. The van der Waals surface area contributed by atoms with E-state index in [0.29, 0.717) is 16.8 Å². The number of benzene rings is 2. The third-order valence-electron chi connectivity index (χ3n) is 3.75. The molecule has 0 aliphatic rings. The predicted molar refractivity (Wildman–Crippen MR) is 89.6 cm³/mol. The molecule has 0 bridgehead atoms. The van der Waals surface area contributed by atoms with Gasteiger partial charge < -0.3 is 9.52 Å². The van der Waals surface area contributed by atoms with Crippen LogP contribution in [0.3, 0.4) is 0 Å². The van der Waals surface area contributed by atoms with Gasteiger partial charge in [-0.05, 0) is 17.2 Å². The lowest BCUT2D eigenvalue weighted by molar-refractivity contribution is 0.0656. The summed E-state index contributed by atoms with van der Waals surface area (Å²) in [7, 11) is 0. The molecule has 2 aromatic carbocycles. The summed E-state index contributed by atoms with van der Waals surface area (Å²) in [5.41, 5.74) is 4.75. The third kappa shape index (κ3) is 2.52. The van der Waals surface area contributed by atoms with E-state index in [1.165, 1.54) is 6.20 Å². The second-order valence-electron chi connectivity index (χ2n) is 5.30. The second-order valence-corrected chi connectivity index (χ2v) is 5.30. The minimum Gasteiger partial charge on any atom is -0.474 e. The standard InChI is InChI=1S/C19H12N2O3/c22-19(23)18-21-16-10-15(20-11-17(16)24-18)14-8-6-13(7-9-14)12-4-2-1-3-5-12/h1-11H,(H,22,23). The fourth-order valence-electron chi connectivity index (χ4n) is 2.55. The Morgan fingerprint density at radius 1 is 0.917 bits per heavy atom. The molecular formula is C19H12N2O3. The Labute approximate surface area is 137 Å². The Hall–Kier alpha value is -3.47. The highest BCUT2D eigenvalue weighted by atomic mass is 16.4. The molecule has 4 rings (SSSR count). The monoisotopic (exact) mass is 316 g/mol. The lowest BCUT2D eigenvalue weighted by Gasteiger charge is -2.04. The summed E-state index contributed by atoms with van der Waals surface area (Å²) in [6.45, 7) is 0. The molecule has 4 aromatic rings. The van der Waals surface area contributed by atoms with E-state index < -0.39 is 5.97 Å². The van der Waals surface area contributed by atoms with Crippen molar-refractivity contribution in [3.05, 3.63) is 72.8 Å². The van der Waals surface area contributed by atoms with Crippen LogP contribution in [0.15, 0.2) is 71.3 Å². The summed E-state index contributed by atoms with van der Waals surface area (Å²) in [6.07, 6.45) is 1.50. The molecule has 0 unspecified atom stereocenters. The van der Waals surface area contributed by atoms with Crippen LogP contribution < -0.4 is 0 Å². The number of rotatable bonds is 3. The molecule has 5 heteroatoms. The van der Waals surface area contributed by atoms with Gasteiger partial charge in [0.15, 0.2) is 5.58 Å². The van der Waals surface area contributed by atoms with Crippen LogP contribution in [0.1, 0.15) is 10.7 Å². The van der Waals surface area contributed by atoms with E-state index in [1.807, 2.05) is 42.5 Å². The van der Waals surface area contributed by atoms with Crippen LogP contribution >= 0.6 is 0 Å². The van der Waals surface area contributed by atoms with Crippen LogP contribution in [0, 0.1) is 0 Å². The quantitative estimate of drug-likeness (QED) is 0.611. The lowest BCUT2D eigenvalue weighted by atomic mass is 10.0. The van der Waals surface area contributed by atoms with Gasteiger partial charge in [0.05, 0.1) is 11.9 Å². The van der Waals surface area contributed by atoms with E-state index in [1.54, 1.807) is 6.07 Å². The maximum Gasteiger partial charge on any atom is 0.392 e. The summed E-state index contributed by atoms with van der Waals surface area (Å²) >= 11 is 0. The van der Waals surface area contributed by atoms with Crippen molar-refractivity contribution in [3.63, 3.8) is 0 Å². The van der Waals surface area contributed by atoms with Crippen molar-refractivity contribution in [1.29, 1.82) is 0 Å². The highest BCUT2D eigenvalue weighted by Gasteiger charge is 2.13. The zero-order chi connectivity index (χ0) is 16.5. The van der Waals surface area contributed by atoms with E-state index in [-0.39, 0.29) is 5.89 Å². The van der Waals surface area contributed by atoms with Crippen molar-refractivity contribution in [1.82, 2.24) is 9.97 Å². The first kappa shape index (κ1) is 14.1. The topological polar surface area (TPSA) is 76.2 Å². The molecule has 0 amide bonds. The minimum atomic E-state index is -1.19. The number of fused-ring (bicyclic) bond motifs is 1. The van der Waals surface area contributed by atoms with Gasteiger partial charge in [-0.2, -0.15) is 0 Å². The molecule has 0 fully saturated rings. The third-order valence-corrected chi connectivity index (χ3v) is 3.75. The van der Waals surface area contributed by atoms with E-state index >= 15 is 0 Å². The molecule has 116 valence electrons. The Morgan fingerprint density at radius 3 is 2.29 bits per heavy atom. The molecule has 0 aliphatic carbocycles. The normalized spacial score (nSPS) is 10.8. The Morgan fingerprint density at radius 2 is 1.58 bits per heavy atom. The molecule has 0 radical (unpaired) electrons. The fraction of sp³-hybridized carbons (Fsp3) is 0. The van der Waals surface area contributed by atoms with Gasteiger partial charge in [0.1, 0.15) is 5.52 Å². The van der Waals surface area contributed by atoms with Crippen molar-refractivity contribution in [2.24, 2.45) is 0 Å². The summed E-state index contributed by atoms with van der Waals surface area (Å²) < 4.78 is 5.12. The summed E-state index contributed by atoms with van der Waals surface area (Å²) in [4.78, 5) is 19.2. The predicted octanol–water partition coefficient (Wildman–Crippen LogP) is 4.26. The summed E-state index contributed by atoms with van der Waals surface area (Å²) in [5.74, 6) is -1.52. The number of aromatic carboxylic acids is 1. The van der Waals surface area contributed by atoms with E-state index in [4.69, 9.17) is 9.52 Å². The van der Waals surface area contributed by atoms with Gasteiger partial charge in [-0.1, -0.05) is 54.6 Å². The first-order valence-electron chi connectivity index (χ1n) is 7.36. The number of aromatic nitrogens is 2. The lowest BCUT2D eigenvalue weighted by Crippen LogP contribution is -1.94. The zero-order valence-corrected chi connectivity index (χ0v) is 12.5. The summed E-state index contributed by atoms with van der Waals surface area (Å²) in [5, 5.41) is 8.93. The molecule has 24 heavy (non-hydrogen) atoms. The molecule has 0 spiro atoms. The first-order valence-corrected chi connectivity index (χ1v) is 7.36. The Kier molecular flexibility index (Phi) is 3.31. The minimum absolute atomic E-state index is 0.330. The number of carbonyl (C=O) groups is 1. The van der Waals surface area contributed by atoms with Crippen LogP contribution in [0.25, 0.3) is 33.5 Å². The van der Waals surface area contributed by atoms with Crippen molar-refractivity contribution >= 4 is 17.1 Å². The number of pyridine rings is 1.